The minimum absolute atomic E-state index is 0.365. The van der Waals surface area contributed by atoms with Gasteiger partial charge in [-0.25, -0.2) is 4.79 Å². The number of hydrogen-bond acceptors (Lipinski definition) is 3. The van der Waals surface area contributed by atoms with Crippen molar-refractivity contribution in [1.29, 1.82) is 0 Å². The van der Waals surface area contributed by atoms with Crippen LogP contribution < -0.4 is 4.74 Å². The first-order chi connectivity index (χ1) is 10.3. The summed E-state index contributed by atoms with van der Waals surface area (Å²) in [6, 6.07) is 16.8. The van der Waals surface area contributed by atoms with E-state index in [0.29, 0.717) is 16.8 Å². The van der Waals surface area contributed by atoms with Gasteiger partial charge in [-0.15, -0.1) is 0 Å². The Morgan fingerprint density at radius 3 is 2.57 bits per heavy atom. The molecule has 0 amide bonds. The Hall–Kier alpha value is -2.68. The highest BCUT2D eigenvalue weighted by atomic mass is 16.5. The molecule has 0 radical (unpaired) electrons. The number of para-hydroxylation sites is 1. The Morgan fingerprint density at radius 2 is 1.81 bits per heavy atom. The van der Waals surface area contributed by atoms with E-state index in [1.54, 1.807) is 24.4 Å². The van der Waals surface area contributed by atoms with Crippen LogP contribution in [-0.4, -0.2) is 11.0 Å². The number of hydrogen-bond donors (Lipinski definition) is 0. The summed E-state index contributed by atoms with van der Waals surface area (Å²) in [7, 11) is 0. The molecule has 0 N–H and O–H groups in total. The maximum atomic E-state index is 12.2. The van der Waals surface area contributed by atoms with Crippen LogP contribution in [0.25, 0.3) is 10.9 Å². The molecule has 21 heavy (non-hydrogen) atoms. The van der Waals surface area contributed by atoms with Gasteiger partial charge in [0.25, 0.3) is 0 Å². The molecule has 0 aliphatic heterocycles. The summed E-state index contributed by atoms with van der Waals surface area (Å²) >= 11 is 0. The Labute approximate surface area is 123 Å². The average Bonchev–Trinajstić information content (AvgIpc) is 2.55. The van der Waals surface area contributed by atoms with Gasteiger partial charge in [0.15, 0.2) is 5.75 Å². The van der Waals surface area contributed by atoms with Gasteiger partial charge in [-0.1, -0.05) is 37.3 Å². The van der Waals surface area contributed by atoms with E-state index in [-0.39, 0.29) is 5.97 Å². The highest BCUT2D eigenvalue weighted by Gasteiger charge is 2.11. The van der Waals surface area contributed by atoms with Crippen molar-refractivity contribution in [1.82, 2.24) is 4.98 Å². The van der Waals surface area contributed by atoms with Crippen LogP contribution in [0.1, 0.15) is 22.8 Å². The van der Waals surface area contributed by atoms with Gasteiger partial charge < -0.3 is 4.74 Å². The van der Waals surface area contributed by atoms with E-state index in [4.69, 9.17) is 4.74 Å². The van der Waals surface area contributed by atoms with E-state index in [0.717, 1.165) is 11.8 Å². The van der Waals surface area contributed by atoms with E-state index < -0.39 is 0 Å². The van der Waals surface area contributed by atoms with Crippen LogP contribution in [0.15, 0.2) is 60.8 Å². The number of carbonyl (C=O) groups excluding carboxylic acids is 1. The minimum Gasteiger partial charge on any atom is -0.421 e. The lowest BCUT2D eigenvalue weighted by Crippen LogP contribution is -2.09. The molecular formula is C18H15NO2. The summed E-state index contributed by atoms with van der Waals surface area (Å²) < 4.78 is 5.49. The lowest BCUT2D eigenvalue weighted by atomic mass is 10.1. The van der Waals surface area contributed by atoms with Gasteiger partial charge in [0.2, 0.25) is 0 Å². The van der Waals surface area contributed by atoms with E-state index in [1.165, 1.54) is 5.56 Å². The van der Waals surface area contributed by atoms with Crippen LogP contribution in [0.3, 0.4) is 0 Å². The molecule has 3 heteroatoms. The fourth-order valence-corrected chi connectivity index (χ4v) is 2.19. The maximum Gasteiger partial charge on any atom is 0.343 e. The molecule has 1 heterocycles. The zero-order valence-electron chi connectivity index (χ0n) is 11.7. The molecule has 3 rings (SSSR count). The zero-order valence-corrected chi connectivity index (χ0v) is 11.7. The molecule has 3 aromatic rings. The second-order valence-electron chi connectivity index (χ2n) is 4.77. The number of aryl methyl sites for hydroxylation is 1. The largest absolute Gasteiger partial charge is 0.421 e. The van der Waals surface area contributed by atoms with Crippen LogP contribution in [0.5, 0.6) is 5.75 Å². The van der Waals surface area contributed by atoms with Gasteiger partial charge in [-0.2, -0.15) is 0 Å². The van der Waals surface area contributed by atoms with Gasteiger partial charge >= 0.3 is 5.97 Å². The first-order valence-corrected chi connectivity index (χ1v) is 6.93. The highest BCUT2D eigenvalue weighted by molar-refractivity contribution is 5.94. The van der Waals surface area contributed by atoms with Crippen molar-refractivity contribution < 1.29 is 9.53 Å². The topological polar surface area (TPSA) is 39.2 Å². The molecule has 0 aliphatic carbocycles. The van der Waals surface area contributed by atoms with Crippen molar-refractivity contribution >= 4 is 16.9 Å². The Morgan fingerprint density at radius 1 is 1.05 bits per heavy atom. The van der Waals surface area contributed by atoms with Gasteiger partial charge in [-0.3, -0.25) is 4.98 Å². The number of nitrogens with zero attached hydrogens (tertiary/aromatic N) is 1. The van der Waals surface area contributed by atoms with Crippen LogP contribution >= 0.6 is 0 Å². The minimum atomic E-state index is -0.365. The fraction of sp³-hybridized carbons (Fsp3) is 0.111. The van der Waals surface area contributed by atoms with Crippen LogP contribution in [-0.2, 0) is 6.42 Å². The molecule has 104 valence electrons. The number of fused-ring (bicyclic) bond motifs is 1. The lowest BCUT2D eigenvalue weighted by Gasteiger charge is -2.07. The molecule has 3 nitrogen and oxygen atoms in total. The SMILES string of the molecule is CCc1ccc(C(=O)Oc2cccc3cccnc23)cc1. The quantitative estimate of drug-likeness (QED) is 0.536. The van der Waals surface area contributed by atoms with Crippen LogP contribution in [0.4, 0.5) is 0 Å². The molecule has 0 atom stereocenters. The molecule has 1 aromatic heterocycles. The summed E-state index contributed by atoms with van der Waals surface area (Å²) in [6.07, 6.45) is 2.64. The van der Waals surface area contributed by atoms with E-state index >= 15 is 0 Å². The second kappa shape index (κ2) is 5.75. The summed E-state index contributed by atoms with van der Waals surface area (Å²) in [5.41, 5.74) is 2.43. The van der Waals surface area contributed by atoms with Crippen molar-refractivity contribution in [3.8, 4) is 5.75 Å². The third-order valence-corrected chi connectivity index (χ3v) is 3.40. The average molecular weight is 277 g/mol. The van der Waals surface area contributed by atoms with Gasteiger partial charge in [0.1, 0.15) is 5.52 Å². The summed E-state index contributed by atoms with van der Waals surface area (Å²) in [5.74, 6) is 0.119. The standard InChI is InChI=1S/C18H15NO2/c1-2-13-8-10-15(11-9-13)18(20)21-16-7-3-5-14-6-4-12-19-17(14)16/h3-12H,2H2,1H3. The van der Waals surface area contributed by atoms with E-state index in [1.807, 2.05) is 36.4 Å². The summed E-state index contributed by atoms with van der Waals surface area (Å²) in [4.78, 5) is 16.5. The third-order valence-electron chi connectivity index (χ3n) is 3.40. The zero-order chi connectivity index (χ0) is 14.7. The predicted octanol–water partition coefficient (Wildman–Crippen LogP) is 4.02. The predicted molar refractivity (Wildman–Crippen MR) is 82.5 cm³/mol. The number of benzene rings is 2. The van der Waals surface area contributed by atoms with E-state index in [2.05, 4.69) is 11.9 Å². The number of pyridine rings is 1. The van der Waals surface area contributed by atoms with Crippen molar-refractivity contribution in [3.05, 3.63) is 71.9 Å². The highest BCUT2D eigenvalue weighted by Crippen LogP contribution is 2.23. The smallest absolute Gasteiger partial charge is 0.343 e. The van der Waals surface area contributed by atoms with E-state index in [9.17, 15) is 4.79 Å². The molecule has 0 fully saturated rings. The third kappa shape index (κ3) is 2.77. The Bertz CT molecular complexity index is 773. The molecule has 0 unspecified atom stereocenters. The van der Waals surface area contributed by atoms with Crippen molar-refractivity contribution in [2.45, 2.75) is 13.3 Å². The monoisotopic (exact) mass is 277 g/mol. The molecule has 2 aromatic carbocycles. The van der Waals surface area contributed by atoms with Gasteiger partial charge in [0, 0.05) is 11.6 Å². The van der Waals surface area contributed by atoms with Crippen molar-refractivity contribution in [2.24, 2.45) is 0 Å². The van der Waals surface area contributed by atoms with Crippen LogP contribution in [0, 0.1) is 0 Å². The Balaban J connectivity index is 1.89. The maximum absolute atomic E-state index is 12.2. The number of esters is 1. The molecular weight excluding hydrogens is 262 g/mol. The van der Waals surface area contributed by atoms with Crippen molar-refractivity contribution in [3.63, 3.8) is 0 Å². The first kappa shape index (κ1) is 13.3. The number of carbonyl (C=O) groups is 1. The number of aromatic nitrogens is 1. The van der Waals surface area contributed by atoms with Crippen LogP contribution in [0.2, 0.25) is 0 Å². The first-order valence-electron chi connectivity index (χ1n) is 6.93. The number of rotatable bonds is 3. The summed E-state index contributed by atoms with van der Waals surface area (Å²) in [5, 5.41) is 0.948. The molecule has 0 spiro atoms. The molecule has 0 saturated carbocycles. The van der Waals surface area contributed by atoms with Gasteiger partial charge in [0.05, 0.1) is 5.56 Å². The summed E-state index contributed by atoms with van der Waals surface area (Å²) in [6.45, 7) is 2.08. The molecule has 0 bridgehead atoms. The normalized spacial score (nSPS) is 10.5. The fourth-order valence-electron chi connectivity index (χ4n) is 2.19. The molecule has 0 saturated heterocycles. The van der Waals surface area contributed by atoms with Gasteiger partial charge in [-0.05, 0) is 36.2 Å². The molecule has 0 aliphatic rings. The Kier molecular flexibility index (Phi) is 3.65. The number of ether oxygens (including phenoxy) is 1. The van der Waals surface area contributed by atoms with Crippen molar-refractivity contribution in [2.75, 3.05) is 0 Å². The second-order valence-corrected chi connectivity index (χ2v) is 4.77. The lowest BCUT2D eigenvalue weighted by molar-refractivity contribution is 0.0737.